The van der Waals surface area contributed by atoms with Crippen LogP contribution in [0.4, 0.5) is 0 Å². The summed E-state index contributed by atoms with van der Waals surface area (Å²) in [6.45, 7) is 1.10. The van der Waals surface area contributed by atoms with E-state index in [0.29, 0.717) is 13.2 Å². The molecule has 0 saturated carbocycles. The van der Waals surface area contributed by atoms with Crippen molar-refractivity contribution in [2.24, 2.45) is 0 Å². The van der Waals surface area contributed by atoms with Crippen molar-refractivity contribution in [2.45, 2.75) is 13.2 Å². The summed E-state index contributed by atoms with van der Waals surface area (Å²) in [6.07, 6.45) is 0. The first-order chi connectivity index (χ1) is 13.9. The maximum absolute atomic E-state index is 5.95. The normalized spacial score (nSPS) is 10.4. The van der Waals surface area contributed by atoms with Gasteiger partial charge < -0.3 is 9.47 Å². The summed E-state index contributed by atoms with van der Waals surface area (Å²) in [7, 11) is 0. The number of hydrogen-bond acceptors (Lipinski definition) is 2. The average molecular weight is 366 g/mol. The lowest BCUT2D eigenvalue weighted by Gasteiger charge is -2.12. The molecule has 0 saturated heterocycles. The third-order valence-corrected chi connectivity index (χ3v) is 4.57. The molecule has 0 radical (unpaired) electrons. The Kier molecular flexibility index (Phi) is 5.69. The molecule has 4 aromatic carbocycles. The smallest absolute Gasteiger partial charge is 0.119 e. The predicted molar refractivity (Wildman–Crippen MR) is 113 cm³/mol. The Morgan fingerprint density at radius 2 is 1.00 bits per heavy atom. The zero-order valence-corrected chi connectivity index (χ0v) is 15.6. The highest BCUT2D eigenvalue weighted by molar-refractivity contribution is 5.67. The molecule has 0 spiro atoms. The van der Waals surface area contributed by atoms with E-state index in [4.69, 9.17) is 9.47 Å². The third-order valence-electron chi connectivity index (χ3n) is 4.57. The Labute approximate surface area is 166 Å². The van der Waals surface area contributed by atoms with Crippen molar-refractivity contribution in [2.75, 3.05) is 0 Å². The fraction of sp³-hybridized carbons (Fsp3) is 0.0769. The maximum atomic E-state index is 5.95. The predicted octanol–water partition coefficient (Wildman–Crippen LogP) is 6.51. The molecule has 0 bridgehead atoms. The molecule has 0 fully saturated rings. The first-order valence-corrected chi connectivity index (χ1v) is 9.41. The average Bonchev–Trinajstić information content (AvgIpc) is 2.78. The van der Waals surface area contributed by atoms with Gasteiger partial charge in [-0.25, -0.2) is 0 Å². The molecule has 4 rings (SSSR count). The van der Waals surface area contributed by atoms with E-state index >= 15 is 0 Å². The molecule has 0 aromatic heterocycles. The molecule has 0 amide bonds. The minimum Gasteiger partial charge on any atom is -0.489 e. The highest BCUT2D eigenvalue weighted by atomic mass is 16.5. The summed E-state index contributed by atoms with van der Waals surface area (Å²) >= 11 is 0. The molecule has 138 valence electrons. The van der Waals surface area contributed by atoms with Gasteiger partial charge in [0, 0.05) is 0 Å². The Morgan fingerprint density at radius 1 is 0.464 bits per heavy atom. The molecule has 28 heavy (non-hydrogen) atoms. The second kappa shape index (κ2) is 8.92. The summed E-state index contributed by atoms with van der Waals surface area (Å²) < 4.78 is 11.8. The van der Waals surface area contributed by atoms with E-state index in [1.165, 1.54) is 16.7 Å². The Balaban J connectivity index is 1.45. The van der Waals surface area contributed by atoms with Crippen molar-refractivity contribution in [1.82, 2.24) is 0 Å². The first-order valence-electron chi connectivity index (χ1n) is 9.41. The van der Waals surface area contributed by atoms with Crippen LogP contribution in [0.1, 0.15) is 11.1 Å². The Hall–Kier alpha value is -3.52. The molecule has 0 heterocycles. The molecule has 0 aliphatic rings. The monoisotopic (exact) mass is 366 g/mol. The minimum absolute atomic E-state index is 0.541. The SMILES string of the molecule is c1ccc(OCc2ccc(-c3ccccc3COc3ccccc3)cc2)cc1. The summed E-state index contributed by atoms with van der Waals surface area (Å²) in [5.74, 6) is 1.76. The van der Waals surface area contributed by atoms with E-state index < -0.39 is 0 Å². The molecule has 0 N–H and O–H groups in total. The molecule has 0 aliphatic carbocycles. The van der Waals surface area contributed by atoms with Gasteiger partial charge in [-0.1, -0.05) is 84.9 Å². The van der Waals surface area contributed by atoms with E-state index in [1.807, 2.05) is 60.7 Å². The van der Waals surface area contributed by atoms with Crippen molar-refractivity contribution >= 4 is 0 Å². The summed E-state index contributed by atoms with van der Waals surface area (Å²) in [5, 5.41) is 0. The summed E-state index contributed by atoms with van der Waals surface area (Å²) in [5.41, 5.74) is 4.68. The lowest BCUT2D eigenvalue weighted by molar-refractivity contribution is 0.306. The van der Waals surface area contributed by atoms with Crippen molar-refractivity contribution in [3.63, 3.8) is 0 Å². The zero-order chi connectivity index (χ0) is 19.0. The van der Waals surface area contributed by atoms with E-state index in [9.17, 15) is 0 Å². The van der Waals surface area contributed by atoms with Gasteiger partial charge in [-0.15, -0.1) is 0 Å². The maximum Gasteiger partial charge on any atom is 0.119 e. The van der Waals surface area contributed by atoms with Crippen LogP contribution in [0.5, 0.6) is 11.5 Å². The Bertz CT molecular complexity index is 993. The van der Waals surface area contributed by atoms with Crippen LogP contribution < -0.4 is 9.47 Å². The molecule has 4 aromatic rings. The zero-order valence-electron chi connectivity index (χ0n) is 15.6. The van der Waals surface area contributed by atoms with Crippen LogP contribution >= 0.6 is 0 Å². The van der Waals surface area contributed by atoms with Crippen molar-refractivity contribution in [3.8, 4) is 22.6 Å². The van der Waals surface area contributed by atoms with Crippen LogP contribution in [0.2, 0.25) is 0 Å². The minimum atomic E-state index is 0.541. The van der Waals surface area contributed by atoms with Crippen LogP contribution in [0.15, 0.2) is 109 Å². The number of hydrogen-bond donors (Lipinski definition) is 0. The largest absolute Gasteiger partial charge is 0.489 e. The highest BCUT2D eigenvalue weighted by Gasteiger charge is 2.06. The molecule has 0 unspecified atom stereocenters. The van der Waals surface area contributed by atoms with Crippen LogP contribution in [0.25, 0.3) is 11.1 Å². The number of benzene rings is 4. The number of ether oxygens (including phenoxy) is 2. The molecular formula is C26H22O2. The van der Waals surface area contributed by atoms with Crippen LogP contribution in [0.3, 0.4) is 0 Å². The van der Waals surface area contributed by atoms with Crippen LogP contribution in [0, 0.1) is 0 Å². The van der Waals surface area contributed by atoms with Crippen LogP contribution in [-0.2, 0) is 13.2 Å². The molecular weight excluding hydrogens is 344 g/mol. The second-order valence-electron chi connectivity index (χ2n) is 6.56. The van der Waals surface area contributed by atoms with Gasteiger partial charge in [0.25, 0.3) is 0 Å². The van der Waals surface area contributed by atoms with Gasteiger partial charge in [-0.3, -0.25) is 0 Å². The molecule has 0 aliphatic heterocycles. The van der Waals surface area contributed by atoms with Gasteiger partial charge in [0.05, 0.1) is 0 Å². The standard InChI is InChI=1S/C26H22O2/c1-3-10-24(11-4-1)27-19-21-15-17-22(18-16-21)26-14-8-7-9-23(26)20-28-25-12-5-2-6-13-25/h1-18H,19-20H2. The summed E-state index contributed by atoms with van der Waals surface area (Å²) in [4.78, 5) is 0. The lowest BCUT2D eigenvalue weighted by atomic mass is 9.99. The van der Waals surface area contributed by atoms with Crippen molar-refractivity contribution < 1.29 is 9.47 Å². The van der Waals surface area contributed by atoms with Gasteiger partial charge in [0.2, 0.25) is 0 Å². The van der Waals surface area contributed by atoms with Gasteiger partial charge in [0.1, 0.15) is 24.7 Å². The highest BCUT2D eigenvalue weighted by Crippen LogP contribution is 2.26. The molecule has 2 heteroatoms. The Morgan fingerprint density at radius 3 is 1.64 bits per heavy atom. The van der Waals surface area contributed by atoms with E-state index in [-0.39, 0.29) is 0 Å². The second-order valence-corrected chi connectivity index (χ2v) is 6.56. The third kappa shape index (κ3) is 4.60. The van der Waals surface area contributed by atoms with Crippen molar-refractivity contribution in [3.05, 3.63) is 120 Å². The molecule has 2 nitrogen and oxygen atoms in total. The fourth-order valence-electron chi connectivity index (χ4n) is 3.07. The quantitative estimate of drug-likeness (QED) is 0.371. The van der Waals surface area contributed by atoms with E-state index in [0.717, 1.165) is 17.1 Å². The van der Waals surface area contributed by atoms with Gasteiger partial charge in [-0.05, 0) is 46.5 Å². The summed E-state index contributed by atoms with van der Waals surface area (Å²) in [6, 6.07) is 36.7. The lowest BCUT2D eigenvalue weighted by Crippen LogP contribution is -1.98. The topological polar surface area (TPSA) is 18.5 Å². The van der Waals surface area contributed by atoms with Gasteiger partial charge in [-0.2, -0.15) is 0 Å². The van der Waals surface area contributed by atoms with Crippen molar-refractivity contribution in [1.29, 1.82) is 0 Å². The van der Waals surface area contributed by atoms with E-state index in [2.05, 4.69) is 48.5 Å². The number of para-hydroxylation sites is 2. The first kappa shape index (κ1) is 17.9. The van der Waals surface area contributed by atoms with E-state index in [1.54, 1.807) is 0 Å². The molecule has 0 atom stereocenters. The number of rotatable bonds is 7. The van der Waals surface area contributed by atoms with Gasteiger partial charge >= 0.3 is 0 Å². The fourth-order valence-corrected chi connectivity index (χ4v) is 3.07. The van der Waals surface area contributed by atoms with Gasteiger partial charge in [0.15, 0.2) is 0 Å². The van der Waals surface area contributed by atoms with Crippen LogP contribution in [-0.4, -0.2) is 0 Å².